The van der Waals surface area contributed by atoms with Gasteiger partial charge in [0.15, 0.2) is 0 Å². The van der Waals surface area contributed by atoms with Crippen LogP contribution in [0.15, 0.2) is 48.5 Å². The van der Waals surface area contributed by atoms with Crippen LogP contribution < -0.4 is 4.74 Å². The van der Waals surface area contributed by atoms with Crippen LogP contribution in [-0.2, 0) is 0 Å². The van der Waals surface area contributed by atoms with Crippen molar-refractivity contribution in [3.63, 3.8) is 0 Å². The molecule has 0 aliphatic rings. The van der Waals surface area contributed by atoms with Gasteiger partial charge in [0, 0.05) is 10.8 Å². The summed E-state index contributed by atoms with van der Waals surface area (Å²) in [6, 6.07) is 16.4. The second-order valence-electron chi connectivity index (χ2n) is 4.98. The minimum atomic E-state index is -0.483. The molecule has 102 valence electrons. The fraction of sp³-hybridized carbons (Fsp3) is 0.176. The van der Waals surface area contributed by atoms with Gasteiger partial charge in [0.05, 0.1) is 22.6 Å². The minimum absolute atomic E-state index is 0.483. The van der Waals surface area contributed by atoms with E-state index in [0.29, 0.717) is 0 Å². The van der Waals surface area contributed by atoms with Crippen molar-refractivity contribution in [2.45, 2.75) is 13.0 Å². The number of aliphatic hydroxyl groups excluding tert-OH is 1. The lowest BCUT2D eigenvalue weighted by molar-refractivity contribution is 0.201. The van der Waals surface area contributed by atoms with Crippen molar-refractivity contribution in [3.05, 3.63) is 54.1 Å². The molecule has 0 saturated heterocycles. The summed E-state index contributed by atoms with van der Waals surface area (Å²) in [5.74, 6) is 0.940. The molecule has 2 nitrogen and oxygen atoms in total. The maximum absolute atomic E-state index is 9.98. The molecule has 0 heterocycles. The molecular weight excluding hydrogens is 264 g/mol. The molecule has 0 fully saturated rings. The van der Waals surface area contributed by atoms with Crippen molar-refractivity contribution in [1.82, 2.24) is 0 Å². The SMILES string of the molecule is CC(O)c1cccc2c(OC[SiH3])c3ccccc3cc12. The average Bonchev–Trinajstić information content (AvgIpc) is 2.46. The van der Waals surface area contributed by atoms with Crippen LogP contribution in [0.3, 0.4) is 0 Å². The zero-order chi connectivity index (χ0) is 14.1. The summed E-state index contributed by atoms with van der Waals surface area (Å²) in [6.45, 7) is 1.80. The van der Waals surface area contributed by atoms with Gasteiger partial charge in [-0.05, 0) is 29.3 Å². The van der Waals surface area contributed by atoms with Gasteiger partial charge in [-0.3, -0.25) is 0 Å². The monoisotopic (exact) mass is 282 g/mol. The van der Waals surface area contributed by atoms with Crippen LogP contribution in [0.2, 0.25) is 0 Å². The maximum atomic E-state index is 9.98. The van der Waals surface area contributed by atoms with E-state index in [1.807, 2.05) is 24.3 Å². The molecule has 3 aromatic rings. The molecule has 0 aliphatic carbocycles. The first-order valence-corrected chi connectivity index (χ1v) is 8.39. The van der Waals surface area contributed by atoms with Gasteiger partial charge >= 0.3 is 0 Å². The third kappa shape index (κ3) is 2.09. The molecular formula is C17H18O2Si. The number of rotatable bonds is 3. The summed E-state index contributed by atoms with van der Waals surface area (Å²) in [4.78, 5) is 0. The van der Waals surface area contributed by atoms with Crippen molar-refractivity contribution >= 4 is 31.8 Å². The first-order chi connectivity index (χ1) is 9.72. The molecule has 3 heteroatoms. The van der Waals surface area contributed by atoms with Crippen molar-refractivity contribution in [2.75, 3.05) is 6.23 Å². The van der Waals surface area contributed by atoms with E-state index < -0.39 is 6.10 Å². The summed E-state index contributed by atoms with van der Waals surface area (Å²) in [6.07, 6.45) is 0.283. The zero-order valence-corrected chi connectivity index (χ0v) is 13.8. The zero-order valence-electron chi connectivity index (χ0n) is 11.8. The van der Waals surface area contributed by atoms with Gasteiger partial charge in [-0.1, -0.05) is 42.5 Å². The first kappa shape index (κ1) is 13.2. The second-order valence-corrected chi connectivity index (χ2v) is 5.56. The normalized spacial score (nSPS) is 12.9. The highest BCUT2D eigenvalue weighted by Crippen LogP contribution is 2.37. The third-order valence-electron chi connectivity index (χ3n) is 3.63. The molecule has 0 spiro atoms. The molecule has 3 rings (SSSR count). The fourth-order valence-corrected chi connectivity index (χ4v) is 3.03. The number of fused-ring (bicyclic) bond motifs is 2. The van der Waals surface area contributed by atoms with Crippen LogP contribution >= 0.6 is 0 Å². The highest BCUT2D eigenvalue weighted by atomic mass is 28.1. The van der Waals surface area contributed by atoms with Crippen molar-refractivity contribution < 1.29 is 9.84 Å². The Morgan fingerprint density at radius 1 is 1.05 bits per heavy atom. The lowest BCUT2D eigenvalue weighted by atomic mass is 9.96. The maximum Gasteiger partial charge on any atom is 0.134 e. The molecule has 0 saturated carbocycles. The van der Waals surface area contributed by atoms with E-state index >= 15 is 0 Å². The van der Waals surface area contributed by atoms with Crippen LogP contribution in [0.1, 0.15) is 18.6 Å². The van der Waals surface area contributed by atoms with E-state index in [9.17, 15) is 5.11 Å². The van der Waals surface area contributed by atoms with Gasteiger partial charge in [0.1, 0.15) is 5.75 Å². The van der Waals surface area contributed by atoms with Crippen molar-refractivity contribution in [2.24, 2.45) is 0 Å². The van der Waals surface area contributed by atoms with Crippen LogP contribution in [0.4, 0.5) is 0 Å². The Bertz CT molecular complexity index is 765. The molecule has 0 aromatic heterocycles. The summed E-state index contributed by atoms with van der Waals surface area (Å²) in [5.41, 5.74) is 0.950. The van der Waals surface area contributed by atoms with Gasteiger partial charge in [-0.25, -0.2) is 0 Å². The van der Waals surface area contributed by atoms with E-state index in [1.165, 1.54) is 0 Å². The summed E-state index contributed by atoms with van der Waals surface area (Å²) < 4.78 is 5.95. The van der Waals surface area contributed by atoms with Gasteiger partial charge in [-0.2, -0.15) is 0 Å². The molecule has 1 N–H and O–H groups in total. The Morgan fingerprint density at radius 3 is 2.55 bits per heavy atom. The quantitative estimate of drug-likeness (QED) is 0.591. The van der Waals surface area contributed by atoms with E-state index in [0.717, 1.165) is 49.3 Å². The van der Waals surface area contributed by atoms with E-state index in [4.69, 9.17) is 4.74 Å². The van der Waals surface area contributed by atoms with Crippen LogP contribution in [0.5, 0.6) is 5.75 Å². The second kappa shape index (κ2) is 5.27. The topological polar surface area (TPSA) is 29.5 Å². The summed E-state index contributed by atoms with van der Waals surface area (Å²) in [7, 11) is 0.999. The summed E-state index contributed by atoms with van der Waals surface area (Å²) >= 11 is 0. The molecule has 0 bridgehead atoms. The minimum Gasteiger partial charge on any atom is -0.497 e. The standard InChI is InChI=1S/C17H18O2Si/c1-11(18)13-7-4-8-15-16(13)9-12-5-2-3-6-14(12)17(15)19-10-20/h2-9,11,18H,10H2,1,20H3. The number of hydrogen-bond acceptors (Lipinski definition) is 2. The first-order valence-electron chi connectivity index (χ1n) is 6.97. The van der Waals surface area contributed by atoms with Crippen LogP contribution in [-0.4, -0.2) is 21.6 Å². The largest absolute Gasteiger partial charge is 0.497 e. The Labute approximate surface area is 121 Å². The summed E-state index contributed by atoms with van der Waals surface area (Å²) in [5, 5.41) is 14.4. The van der Waals surface area contributed by atoms with E-state index in [1.54, 1.807) is 6.92 Å². The van der Waals surface area contributed by atoms with Crippen LogP contribution in [0, 0.1) is 0 Å². The fourth-order valence-electron chi connectivity index (χ4n) is 2.74. The molecule has 20 heavy (non-hydrogen) atoms. The molecule has 3 aromatic carbocycles. The molecule has 0 radical (unpaired) electrons. The Morgan fingerprint density at radius 2 is 1.80 bits per heavy atom. The number of aliphatic hydroxyl groups is 1. The van der Waals surface area contributed by atoms with Crippen LogP contribution in [0.25, 0.3) is 21.5 Å². The molecule has 0 amide bonds. The van der Waals surface area contributed by atoms with E-state index in [-0.39, 0.29) is 0 Å². The predicted octanol–water partition coefficient (Wildman–Crippen LogP) is 2.75. The smallest absolute Gasteiger partial charge is 0.134 e. The molecule has 1 unspecified atom stereocenters. The predicted molar refractivity (Wildman–Crippen MR) is 87.5 cm³/mol. The van der Waals surface area contributed by atoms with E-state index in [2.05, 4.69) is 24.3 Å². The van der Waals surface area contributed by atoms with Gasteiger partial charge in [0.2, 0.25) is 0 Å². The third-order valence-corrected chi connectivity index (χ3v) is 3.92. The average molecular weight is 282 g/mol. The molecule has 0 aliphatic heterocycles. The number of benzene rings is 3. The lowest BCUT2D eigenvalue weighted by Gasteiger charge is -2.15. The lowest BCUT2D eigenvalue weighted by Crippen LogP contribution is -1.99. The number of ether oxygens (including phenoxy) is 1. The number of hydrogen-bond donors (Lipinski definition) is 1. The van der Waals surface area contributed by atoms with Gasteiger partial charge in [-0.15, -0.1) is 0 Å². The van der Waals surface area contributed by atoms with Gasteiger partial charge < -0.3 is 9.84 Å². The van der Waals surface area contributed by atoms with Gasteiger partial charge in [0.25, 0.3) is 0 Å². The Hall–Kier alpha value is -1.84. The van der Waals surface area contributed by atoms with Crippen molar-refractivity contribution in [1.29, 1.82) is 0 Å². The molecule has 1 atom stereocenters. The highest BCUT2D eigenvalue weighted by Gasteiger charge is 2.12. The Balaban J connectivity index is 2.46. The Kier molecular flexibility index (Phi) is 3.47. The highest BCUT2D eigenvalue weighted by molar-refractivity contribution is 6.10. The van der Waals surface area contributed by atoms with Crippen molar-refractivity contribution in [3.8, 4) is 5.75 Å².